The maximum Gasteiger partial charge on any atom is 0.257 e. The zero-order valence-electron chi connectivity index (χ0n) is 14.3. The van der Waals surface area contributed by atoms with E-state index in [1.54, 1.807) is 13.0 Å². The molecule has 5 nitrogen and oxygen atoms in total. The number of hydrogen-bond acceptors (Lipinski definition) is 4. The third kappa shape index (κ3) is 3.55. The van der Waals surface area contributed by atoms with E-state index in [-0.39, 0.29) is 27.8 Å². The molecule has 1 amide bonds. The zero-order chi connectivity index (χ0) is 18.0. The molecule has 1 atom stereocenters. The van der Waals surface area contributed by atoms with Crippen LogP contribution in [0.3, 0.4) is 0 Å². The Morgan fingerprint density at radius 2 is 2.32 bits per heavy atom. The van der Waals surface area contributed by atoms with Crippen LogP contribution in [0.1, 0.15) is 35.9 Å². The predicted octanol–water partition coefficient (Wildman–Crippen LogP) is 3.66. The summed E-state index contributed by atoms with van der Waals surface area (Å²) in [6.45, 7) is 6.31. The van der Waals surface area contributed by atoms with Crippen molar-refractivity contribution in [1.82, 2.24) is 15.4 Å². The number of nitrogens with zero attached hydrogens (tertiary/aromatic N) is 2. The average molecular weight is 366 g/mol. The molecule has 134 valence electrons. The van der Waals surface area contributed by atoms with Gasteiger partial charge in [0.05, 0.1) is 10.6 Å². The van der Waals surface area contributed by atoms with Gasteiger partial charge in [0.1, 0.15) is 22.8 Å². The summed E-state index contributed by atoms with van der Waals surface area (Å²) in [6.07, 6.45) is 2.19. The van der Waals surface area contributed by atoms with E-state index in [1.807, 2.05) is 0 Å². The molecule has 1 aliphatic heterocycles. The van der Waals surface area contributed by atoms with Gasteiger partial charge in [-0.1, -0.05) is 29.7 Å². The Morgan fingerprint density at radius 1 is 1.52 bits per heavy atom. The Bertz CT molecular complexity index is 757. The summed E-state index contributed by atoms with van der Waals surface area (Å²) in [5, 5.41) is 6.99. The van der Waals surface area contributed by atoms with Gasteiger partial charge in [-0.2, -0.15) is 0 Å². The third-order valence-corrected chi connectivity index (χ3v) is 5.01. The quantitative estimate of drug-likeness (QED) is 0.878. The fraction of sp³-hybridized carbons (Fsp3) is 0.444. The minimum atomic E-state index is -0.539. The summed E-state index contributed by atoms with van der Waals surface area (Å²) in [6, 6.07) is 4.68. The topological polar surface area (TPSA) is 58.4 Å². The molecule has 1 saturated heterocycles. The minimum Gasteiger partial charge on any atom is -0.360 e. The molecule has 2 aromatic rings. The van der Waals surface area contributed by atoms with E-state index in [9.17, 15) is 9.18 Å². The molecule has 0 spiro atoms. The van der Waals surface area contributed by atoms with Gasteiger partial charge < -0.3 is 9.84 Å². The Kier molecular flexibility index (Phi) is 5.39. The number of likely N-dealkylation sites (tertiary alicyclic amines) is 1. The van der Waals surface area contributed by atoms with Crippen molar-refractivity contribution >= 4 is 17.5 Å². The van der Waals surface area contributed by atoms with Crippen molar-refractivity contribution in [3.05, 3.63) is 40.4 Å². The zero-order valence-corrected chi connectivity index (χ0v) is 15.1. The van der Waals surface area contributed by atoms with Gasteiger partial charge in [-0.05, 0) is 45.0 Å². The van der Waals surface area contributed by atoms with Gasteiger partial charge in [0.2, 0.25) is 0 Å². The summed E-state index contributed by atoms with van der Waals surface area (Å²) in [4.78, 5) is 15.0. The number of likely N-dealkylation sites (N-methyl/N-ethyl adjacent to an activating group) is 1. The predicted molar refractivity (Wildman–Crippen MR) is 94.2 cm³/mol. The van der Waals surface area contributed by atoms with Crippen molar-refractivity contribution in [3.8, 4) is 11.3 Å². The highest BCUT2D eigenvalue weighted by Gasteiger charge is 2.27. The highest BCUT2D eigenvalue weighted by molar-refractivity contribution is 6.33. The van der Waals surface area contributed by atoms with Crippen molar-refractivity contribution in [3.63, 3.8) is 0 Å². The molecular formula is C18H21ClFN3O2. The van der Waals surface area contributed by atoms with Crippen LogP contribution in [0.2, 0.25) is 5.02 Å². The second-order valence-electron chi connectivity index (χ2n) is 6.19. The molecule has 25 heavy (non-hydrogen) atoms. The number of aryl methyl sites for hydroxylation is 1. The van der Waals surface area contributed by atoms with E-state index in [0.29, 0.717) is 18.3 Å². The van der Waals surface area contributed by atoms with Crippen LogP contribution in [0, 0.1) is 12.7 Å². The van der Waals surface area contributed by atoms with Gasteiger partial charge in [0.15, 0.2) is 0 Å². The molecule has 3 rings (SSSR count). The number of nitrogens with one attached hydrogen (secondary N) is 1. The molecule has 0 saturated carbocycles. The fourth-order valence-electron chi connectivity index (χ4n) is 3.38. The van der Waals surface area contributed by atoms with Crippen LogP contribution >= 0.6 is 11.6 Å². The molecule has 1 aliphatic rings. The molecule has 1 aromatic carbocycles. The number of hydrogen-bond donors (Lipinski definition) is 1. The summed E-state index contributed by atoms with van der Waals surface area (Å²) < 4.78 is 19.4. The van der Waals surface area contributed by atoms with Crippen molar-refractivity contribution in [1.29, 1.82) is 0 Å². The summed E-state index contributed by atoms with van der Waals surface area (Å²) in [5.41, 5.74) is 0.451. The molecule has 1 fully saturated rings. The van der Waals surface area contributed by atoms with E-state index >= 15 is 0 Å². The van der Waals surface area contributed by atoms with E-state index in [1.165, 1.54) is 12.1 Å². The maximum atomic E-state index is 14.2. The first-order valence-electron chi connectivity index (χ1n) is 8.45. The molecule has 7 heteroatoms. The molecule has 2 heterocycles. The molecule has 1 aromatic heterocycles. The molecule has 1 N–H and O–H groups in total. The molecule has 0 radical (unpaired) electrons. The monoisotopic (exact) mass is 365 g/mol. The van der Waals surface area contributed by atoms with Crippen LogP contribution in [-0.4, -0.2) is 41.6 Å². The van der Waals surface area contributed by atoms with Gasteiger partial charge in [-0.25, -0.2) is 4.39 Å². The third-order valence-electron chi connectivity index (χ3n) is 4.69. The van der Waals surface area contributed by atoms with Crippen LogP contribution in [-0.2, 0) is 0 Å². The smallest absolute Gasteiger partial charge is 0.257 e. The normalized spacial score (nSPS) is 17.8. The molecular weight excluding hydrogens is 345 g/mol. The largest absolute Gasteiger partial charge is 0.360 e. The number of carbonyl (C=O) groups excluding carboxylic acids is 1. The lowest BCUT2D eigenvalue weighted by Crippen LogP contribution is -2.40. The fourth-order valence-corrected chi connectivity index (χ4v) is 3.63. The Balaban J connectivity index is 1.83. The number of benzene rings is 1. The lowest BCUT2D eigenvalue weighted by molar-refractivity contribution is 0.0940. The number of amides is 1. The van der Waals surface area contributed by atoms with E-state index in [0.717, 1.165) is 25.9 Å². The first-order valence-corrected chi connectivity index (χ1v) is 8.83. The highest BCUT2D eigenvalue weighted by Crippen LogP contribution is 2.33. The van der Waals surface area contributed by atoms with Gasteiger partial charge in [0, 0.05) is 12.6 Å². The molecule has 0 unspecified atom stereocenters. The van der Waals surface area contributed by atoms with E-state index in [2.05, 4.69) is 22.3 Å². The second kappa shape index (κ2) is 7.54. The van der Waals surface area contributed by atoms with Crippen molar-refractivity contribution < 1.29 is 13.7 Å². The first-order chi connectivity index (χ1) is 12.0. The van der Waals surface area contributed by atoms with Gasteiger partial charge in [-0.15, -0.1) is 0 Å². The summed E-state index contributed by atoms with van der Waals surface area (Å²) >= 11 is 6.11. The van der Waals surface area contributed by atoms with Crippen molar-refractivity contribution in [2.45, 2.75) is 32.7 Å². The number of aromatic nitrogens is 1. The average Bonchev–Trinajstić information content (AvgIpc) is 3.19. The maximum absolute atomic E-state index is 14.2. The lowest BCUT2D eigenvalue weighted by atomic mass is 10.0. The van der Waals surface area contributed by atoms with Crippen molar-refractivity contribution in [2.75, 3.05) is 19.6 Å². The molecule has 0 bridgehead atoms. The van der Waals surface area contributed by atoms with Gasteiger partial charge >= 0.3 is 0 Å². The second-order valence-corrected chi connectivity index (χ2v) is 6.60. The van der Waals surface area contributed by atoms with Crippen LogP contribution < -0.4 is 5.32 Å². The summed E-state index contributed by atoms with van der Waals surface area (Å²) in [5.74, 6) is -0.524. The Labute approximate surface area is 151 Å². The molecule has 0 aliphatic carbocycles. The standard InChI is InChI=1S/C18H21ClFN3O2/c1-3-23-9-5-6-12(23)10-21-18(24)15-11(2)25-22-17(15)16-13(19)7-4-8-14(16)20/h4,7-8,12H,3,5-6,9-10H2,1-2H3,(H,21,24)/t12-/m1/s1. The van der Waals surface area contributed by atoms with Crippen LogP contribution in [0.5, 0.6) is 0 Å². The minimum absolute atomic E-state index is 0.0854. The number of carbonyl (C=O) groups is 1. The van der Waals surface area contributed by atoms with Crippen LogP contribution in [0.4, 0.5) is 4.39 Å². The van der Waals surface area contributed by atoms with Crippen LogP contribution in [0.15, 0.2) is 22.7 Å². The Morgan fingerprint density at radius 3 is 3.04 bits per heavy atom. The summed E-state index contributed by atoms with van der Waals surface area (Å²) in [7, 11) is 0. The number of rotatable bonds is 5. The van der Waals surface area contributed by atoms with E-state index < -0.39 is 5.82 Å². The van der Waals surface area contributed by atoms with Gasteiger partial charge in [0.25, 0.3) is 5.91 Å². The van der Waals surface area contributed by atoms with Gasteiger partial charge in [-0.3, -0.25) is 9.69 Å². The van der Waals surface area contributed by atoms with Crippen molar-refractivity contribution in [2.24, 2.45) is 0 Å². The first kappa shape index (κ1) is 17.9. The van der Waals surface area contributed by atoms with Crippen LogP contribution in [0.25, 0.3) is 11.3 Å². The highest BCUT2D eigenvalue weighted by atomic mass is 35.5. The lowest BCUT2D eigenvalue weighted by Gasteiger charge is -2.22. The number of halogens is 2. The SMILES string of the molecule is CCN1CCC[C@@H]1CNC(=O)c1c(-c2c(F)cccc2Cl)noc1C. The Hall–Kier alpha value is -1.92. The van der Waals surface area contributed by atoms with E-state index in [4.69, 9.17) is 16.1 Å².